The third-order valence-electron chi connectivity index (χ3n) is 1.83. The average molecular weight is 202 g/mol. The van der Waals surface area contributed by atoms with Gasteiger partial charge in [0.25, 0.3) is 0 Å². The van der Waals surface area contributed by atoms with Gasteiger partial charge in [0.1, 0.15) is 6.10 Å². The monoisotopic (exact) mass is 202 g/mol. The van der Waals surface area contributed by atoms with E-state index in [1.54, 1.807) is 0 Å². The number of halogens is 1. The highest BCUT2D eigenvalue weighted by Crippen LogP contribution is 2.18. The van der Waals surface area contributed by atoms with Crippen LogP contribution in [-0.2, 0) is 11.3 Å². The van der Waals surface area contributed by atoms with Gasteiger partial charge in [0, 0.05) is 18.3 Å². The van der Waals surface area contributed by atoms with Crippen molar-refractivity contribution in [1.82, 2.24) is 9.78 Å². The van der Waals surface area contributed by atoms with Crippen molar-refractivity contribution < 1.29 is 19.4 Å². The predicted molar refractivity (Wildman–Crippen MR) is 45.4 cm³/mol. The summed E-state index contributed by atoms with van der Waals surface area (Å²) < 4.78 is 14.3. The summed E-state index contributed by atoms with van der Waals surface area (Å²) in [6.45, 7) is 2.41. The molecule has 1 aromatic heterocycles. The summed E-state index contributed by atoms with van der Waals surface area (Å²) in [6.07, 6.45) is -1.30. The number of alkyl halides is 1. The molecule has 2 unspecified atom stereocenters. The van der Waals surface area contributed by atoms with Gasteiger partial charge in [-0.1, -0.05) is 0 Å². The Morgan fingerprint density at radius 2 is 2.43 bits per heavy atom. The molecular weight excluding hydrogens is 191 g/mol. The Kier molecular flexibility index (Phi) is 3.19. The second-order valence-electron chi connectivity index (χ2n) is 2.81. The number of hydrogen-bond donors (Lipinski definition) is 2. The second-order valence-corrected chi connectivity index (χ2v) is 2.81. The Labute approximate surface area is 79.8 Å². The van der Waals surface area contributed by atoms with Crippen LogP contribution in [-0.4, -0.2) is 32.1 Å². The van der Waals surface area contributed by atoms with Crippen LogP contribution in [0.3, 0.4) is 0 Å². The molecule has 1 rings (SSSR count). The second kappa shape index (κ2) is 4.19. The summed E-state index contributed by atoms with van der Waals surface area (Å²) in [5, 5.41) is 21.4. The van der Waals surface area contributed by atoms with Crippen LogP contribution in [0.5, 0.6) is 0 Å². The SMILES string of the molecule is CCn1cc(C(O)C(F)C(=O)O)cn1. The van der Waals surface area contributed by atoms with E-state index in [-0.39, 0.29) is 5.56 Å². The van der Waals surface area contributed by atoms with Crippen molar-refractivity contribution in [3.05, 3.63) is 18.0 Å². The molecule has 5 nitrogen and oxygen atoms in total. The van der Waals surface area contributed by atoms with Crippen molar-refractivity contribution in [3.8, 4) is 0 Å². The van der Waals surface area contributed by atoms with Gasteiger partial charge in [0.05, 0.1) is 6.20 Å². The summed E-state index contributed by atoms with van der Waals surface area (Å²) >= 11 is 0. The fourth-order valence-electron chi connectivity index (χ4n) is 1.01. The van der Waals surface area contributed by atoms with E-state index in [4.69, 9.17) is 5.11 Å². The number of aliphatic carboxylic acids is 1. The van der Waals surface area contributed by atoms with Gasteiger partial charge in [-0.15, -0.1) is 0 Å². The Balaban J connectivity index is 2.78. The predicted octanol–water partition coefficient (Wildman–Crippen LogP) is 0.359. The number of rotatable bonds is 4. The summed E-state index contributed by atoms with van der Waals surface area (Å²) in [5.74, 6) is -1.68. The zero-order valence-electron chi connectivity index (χ0n) is 7.59. The van der Waals surface area contributed by atoms with Gasteiger partial charge in [0.15, 0.2) is 0 Å². The van der Waals surface area contributed by atoms with Crippen molar-refractivity contribution in [2.24, 2.45) is 0 Å². The molecule has 0 radical (unpaired) electrons. The molecule has 0 saturated heterocycles. The van der Waals surface area contributed by atoms with Crippen LogP contribution in [0.4, 0.5) is 4.39 Å². The Bertz CT molecular complexity index is 326. The molecular formula is C8H11FN2O3. The number of hydrogen-bond acceptors (Lipinski definition) is 3. The van der Waals surface area contributed by atoms with E-state index in [0.717, 1.165) is 0 Å². The van der Waals surface area contributed by atoms with E-state index in [1.807, 2.05) is 6.92 Å². The van der Waals surface area contributed by atoms with Crippen LogP contribution in [0, 0.1) is 0 Å². The minimum absolute atomic E-state index is 0.168. The van der Waals surface area contributed by atoms with Gasteiger partial charge >= 0.3 is 5.97 Å². The summed E-state index contributed by atoms with van der Waals surface area (Å²) in [5.41, 5.74) is 0.168. The van der Waals surface area contributed by atoms with E-state index in [0.29, 0.717) is 6.54 Å². The van der Waals surface area contributed by atoms with Crippen molar-refractivity contribution in [2.45, 2.75) is 25.7 Å². The maximum atomic E-state index is 12.8. The van der Waals surface area contributed by atoms with E-state index in [2.05, 4.69) is 5.10 Å². The van der Waals surface area contributed by atoms with Crippen LogP contribution >= 0.6 is 0 Å². The lowest BCUT2D eigenvalue weighted by Gasteiger charge is -2.08. The van der Waals surface area contributed by atoms with Crippen molar-refractivity contribution in [1.29, 1.82) is 0 Å². The smallest absolute Gasteiger partial charge is 0.341 e. The number of aryl methyl sites for hydroxylation is 1. The third-order valence-corrected chi connectivity index (χ3v) is 1.83. The molecule has 0 aromatic carbocycles. The van der Waals surface area contributed by atoms with Crippen LogP contribution in [0.1, 0.15) is 18.6 Å². The lowest BCUT2D eigenvalue weighted by atomic mass is 10.1. The molecule has 1 heterocycles. The van der Waals surface area contributed by atoms with Gasteiger partial charge in [-0.2, -0.15) is 5.10 Å². The molecule has 2 atom stereocenters. The summed E-state index contributed by atoms with van der Waals surface area (Å²) in [7, 11) is 0. The molecule has 2 N–H and O–H groups in total. The summed E-state index contributed by atoms with van der Waals surface area (Å²) in [6, 6.07) is 0. The van der Waals surface area contributed by atoms with Gasteiger partial charge in [-0.25, -0.2) is 9.18 Å². The number of aliphatic hydroxyl groups excluding tert-OH is 1. The molecule has 0 spiro atoms. The Hall–Kier alpha value is -1.43. The van der Waals surface area contributed by atoms with Crippen LogP contribution in [0.2, 0.25) is 0 Å². The molecule has 0 saturated carbocycles. The number of carbonyl (C=O) groups is 1. The first-order valence-electron chi connectivity index (χ1n) is 4.13. The molecule has 6 heteroatoms. The van der Waals surface area contributed by atoms with E-state index in [1.165, 1.54) is 17.1 Å². The Morgan fingerprint density at radius 1 is 1.79 bits per heavy atom. The first kappa shape index (κ1) is 10.6. The van der Waals surface area contributed by atoms with E-state index < -0.39 is 18.2 Å². The molecule has 78 valence electrons. The summed E-state index contributed by atoms with van der Waals surface area (Å²) in [4.78, 5) is 10.2. The first-order valence-corrected chi connectivity index (χ1v) is 4.13. The third kappa shape index (κ3) is 2.08. The zero-order chi connectivity index (χ0) is 10.7. The molecule has 0 aliphatic rings. The zero-order valence-corrected chi connectivity index (χ0v) is 7.59. The fraction of sp³-hybridized carbons (Fsp3) is 0.500. The number of nitrogens with zero attached hydrogens (tertiary/aromatic N) is 2. The minimum atomic E-state index is -2.32. The number of aromatic nitrogens is 2. The van der Waals surface area contributed by atoms with Crippen LogP contribution in [0.25, 0.3) is 0 Å². The minimum Gasteiger partial charge on any atom is -0.479 e. The molecule has 0 amide bonds. The van der Waals surface area contributed by atoms with Crippen molar-refractivity contribution in [2.75, 3.05) is 0 Å². The standard InChI is InChI=1S/C8H11FN2O3/c1-2-11-4-5(3-10-11)7(12)6(9)8(13)14/h3-4,6-7,12H,2H2,1H3,(H,13,14). The van der Waals surface area contributed by atoms with Gasteiger partial charge < -0.3 is 10.2 Å². The van der Waals surface area contributed by atoms with Gasteiger partial charge in [-0.05, 0) is 6.92 Å². The molecule has 0 aliphatic carbocycles. The molecule has 14 heavy (non-hydrogen) atoms. The number of carboxylic acids is 1. The highest BCUT2D eigenvalue weighted by Gasteiger charge is 2.28. The van der Waals surface area contributed by atoms with Crippen molar-refractivity contribution in [3.63, 3.8) is 0 Å². The molecule has 1 aromatic rings. The molecule has 0 fully saturated rings. The lowest BCUT2D eigenvalue weighted by Crippen LogP contribution is -2.22. The quantitative estimate of drug-likeness (QED) is 0.739. The maximum absolute atomic E-state index is 12.8. The topological polar surface area (TPSA) is 75.4 Å². The van der Waals surface area contributed by atoms with E-state index in [9.17, 15) is 14.3 Å². The number of aliphatic hydroxyl groups is 1. The van der Waals surface area contributed by atoms with Crippen LogP contribution in [0.15, 0.2) is 12.4 Å². The van der Waals surface area contributed by atoms with E-state index >= 15 is 0 Å². The maximum Gasteiger partial charge on any atom is 0.341 e. The molecule has 0 bridgehead atoms. The average Bonchev–Trinajstić information content (AvgIpc) is 2.63. The normalized spacial score (nSPS) is 15.1. The molecule has 0 aliphatic heterocycles. The lowest BCUT2D eigenvalue weighted by molar-refractivity contribution is -0.147. The fourth-order valence-corrected chi connectivity index (χ4v) is 1.01. The largest absolute Gasteiger partial charge is 0.479 e. The van der Waals surface area contributed by atoms with Gasteiger partial charge in [0.2, 0.25) is 6.17 Å². The van der Waals surface area contributed by atoms with Crippen molar-refractivity contribution >= 4 is 5.97 Å². The van der Waals surface area contributed by atoms with Crippen LogP contribution < -0.4 is 0 Å². The van der Waals surface area contributed by atoms with Gasteiger partial charge in [-0.3, -0.25) is 4.68 Å². The number of carboxylic acid groups (broad SMARTS) is 1. The highest BCUT2D eigenvalue weighted by molar-refractivity contribution is 5.73. The highest BCUT2D eigenvalue weighted by atomic mass is 19.1. The Morgan fingerprint density at radius 3 is 2.86 bits per heavy atom. The first-order chi connectivity index (χ1) is 6.56.